The minimum absolute atomic E-state index is 0.775. The van der Waals surface area contributed by atoms with Crippen molar-refractivity contribution in [1.82, 2.24) is 15.0 Å². The molecule has 4 heteroatoms. The van der Waals surface area contributed by atoms with Gasteiger partial charge < -0.3 is 4.57 Å². The first-order valence-electron chi connectivity index (χ1n) is 3.26. The van der Waals surface area contributed by atoms with Gasteiger partial charge in [0.1, 0.15) is 5.82 Å². The smallest absolute Gasteiger partial charge is 0.105 e. The van der Waals surface area contributed by atoms with Crippen LogP contribution in [-0.2, 0) is 6.54 Å². The summed E-state index contributed by atoms with van der Waals surface area (Å²) in [5.74, 6) is 6.13. The van der Waals surface area contributed by atoms with E-state index >= 15 is 0 Å². The van der Waals surface area contributed by atoms with Gasteiger partial charge in [0.2, 0.25) is 0 Å². The zero-order chi connectivity index (χ0) is 7.40. The van der Waals surface area contributed by atoms with Crippen LogP contribution in [0.15, 0.2) is 12.4 Å². The van der Waals surface area contributed by atoms with E-state index in [4.69, 9.17) is 5.84 Å². The maximum atomic E-state index is 5.11. The van der Waals surface area contributed by atoms with Crippen molar-refractivity contribution >= 4 is 0 Å². The van der Waals surface area contributed by atoms with Gasteiger partial charge in [-0.2, -0.15) is 0 Å². The lowest BCUT2D eigenvalue weighted by atomic mass is 10.6. The van der Waals surface area contributed by atoms with E-state index in [1.807, 2.05) is 17.7 Å². The average Bonchev–Trinajstić information content (AvgIpc) is 2.31. The van der Waals surface area contributed by atoms with E-state index in [-0.39, 0.29) is 0 Å². The standard InChI is InChI=1S/C6H12N4/c1-6-8-2-4-10(6)5-3-9-7/h2,4,9H,3,5,7H2,1H3. The first-order valence-corrected chi connectivity index (χ1v) is 3.26. The molecule has 3 N–H and O–H groups in total. The molecule has 0 unspecified atom stereocenters. The number of aryl methyl sites for hydroxylation is 1. The maximum absolute atomic E-state index is 5.11. The third-order valence-corrected chi connectivity index (χ3v) is 1.42. The quantitative estimate of drug-likeness (QED) is 0.446. The monoisotopic (exact) mass is 140 g/mol. The number of nitrogens with zero attached hydrogens (tertiary/aromatic N) is 2. The molecule has 0 aliphatic carbocycles. The molecule has 0 aromatic carbocycles. The molecular weight excluding hydrogens is 128 g/mol. The van der Waals surface area contributed by atoms with Crippen LogP contribution >= 0.6 is 0 Å². The van der Waals surface area contributed by atoms with Gasteiger partial charge in [-0.25, -0.2) is 4.98 Å². The molecular formula is C6H12N4. The van der Waals surface area contributed by atoms with Gasteiger partial charge in [0.05, 0.1) is 0 Å². The average molecular weight is 140 g/mol. The molecule has 1 rings (SSSR count). The summed E-state index contributed by atoms with van der Waals surface area (Å²) in [6.45, 7) is 3.62. The van der Waals surface area contributed by atoms with Gasteiger partial charge >= 0.3 is 0 Å². The fourth-order valence-electron chi connectivity index (χ4n) is 0.825. The minimum atomic E-state index is 0.775. The van der Waals surface area contributed by atoms with E-state index in [1.54, 1.807) is 6.20 Å². The second kappa shape index (κ2) is 3.34. The van der Waals surface area contributed by atoms with E-state index in [9.17, 15) is 0 Å². The van der Waals surface area contributed by atoms with Gasteiger partial charge in [0.15, 0.2) is 0 Å². The highest BCUT2D eigenvalue weighted by Gasteiger charge is 1.92. The molecule has 0 bridgehead atoms. The molecule has 0 aliphatic heterocycles. The van der Waals surface area contributed by atoms with E-state index < -0.39 is 0 Å². The van der Waals surface area contributed by atoms with Crippen molar-refractivity contribution in [3.63, 3.8) is 0 Å². The van der Waals surface area contributed by atoms with Gasteiger partial charge in [-0.15, -0.1) is 0 Å². The maximum Gasteiger partial charge on any atom is 0.105 e. The second-order valence-electron chi connectivity index (χ2n) is 2.12. The van der Waals surface area contributed by atoms with Gasteiger partial charge in [0.25, 0.3) is 0 Å². The third-order valence-electron chi connectivity index (χ3n) is 1.42. The highest BCUT2D eigenvalue weighted by Crippen LogP contribution is 1.92. The number of nitrogens with two attached hydrogens (primary N) is 1. The van der Waals surface area contributed by atoms with Crippen LogP contribution < -0.4 is 11.3 Å². The van der Waals surface area contributed by atoms with Crippen LogP contribution in [0.2, 0.25) is 0 Å². The number of aromatic nitrogens is 2. The lowest BCUT2D eigenvalue weighted by molar-refractivity contribution is 0.604. The Labute approximate surface area is 60.0 Å². The third kappa shape index (κ3) is 1.55. The van der Waals surface area contributed by atoms with E-state index in [0.29, 0.717) is 0 Å². The van der Waals surface area contributed by atoms with Gasteiger partial charge in [-0.3, -0.25) is 11.3 Å². The van der Waals surface area contributed by atoms with Crippen molar-refractivity contribution in [3.05, 3.63) is 18.2 Å². The molecule has 0 amide bonds. The summed E-state index contributed by atoms with van der Waals surface area (Å²) < 4.78 is 2.04. The predicted octanol–water partition coefficient (Wildman–Crippen LogP) is -0.345. The molecule has 10 heavy (non-hydrogen) atoms. The topological polar surface area (TPSA) is 55.9 Å². The molecule has 56 valence electrons. The van der Waals surface area contributed by atoms with E-state index in [0.717, 1.165) is 18.9 Å². The van der Waals surface area contributed by atoms with E-state index in [1.165, 1.54) is 0 Å². The number of imidazole rings is 1. The van der Waals surface area contributed by atoms with Gasteiger partial charge in [-0.1, -0.05) is 0 Å². The molecule has 0 radical (unpaired) electrons. The van der Waals surface area contributed by atoms with Gasteiger partial charge in [-0.05, 0) is 6.92 Å². The second-order valence-corrected chi connectivity index (χ2v) is 2.12. The van der Waals surface area contributed by atoms with Crippen molar-refractivity contribution in [3.8, 4) is 0 Å². The zero-order valence-corrected chi connectivity index (χ0v) is 6.04. The Kier molecular flexibility index (Phi) is 2.42. The summed E-state index contributed by atoms with van der Waals surface area (Å²) in [6.07, 6.45) is 3.72. The van der Waals surface area contributed by atoms with Crippen LogP contribution in [-0.4, -0.2) is 16.1 Å². The summed E-state index contributed by atoms with van der Waals surface area (Å²) in [5.41, 5.74) is 2.58. The van der Waals surface area contributed by atoms with E-state index in [2.05, 4.69) is 10.4 Å². The van der Waals surface area contributed by atoms with Crippen molar-refractivity contribution in [2.75, 3.05) is 6.54 Å². The molecule has 0 saturated heterocycles. The first-order chi connectivity index (χ1) is 4.84. The molecule has 1 aromatic rings. The Balaban J connectivity index is 2.49. The lowest BCUT2D eigenvalue weighted by Crippen LogP contribution is -2.26. The lowest BCUT2D eigenvalue weighted by Gasteiger charge is -2.02. The molecule has 0 spiro atoms. The molecule has 4 nitrogen and oxygen atoms in total. The Morgan fingerprint density at radius 2 is 2.60 bits per heavy atom. The first kappa shape index (κ1) is 7.24. The number of nitrogens with one attached hydrogen (secondary N) is 1. The molecule has 0 fully saturated rings. The summed E-state index contributed by atoms with van der Waals surface area (Å²) in [7, 11) is 0. The molecule has 0 atom stereocenters. The van der Waals surface area contributed by atoms with Crippen LogP contribution in [0.4, 0.5) is 0 Å². The van der Waals surface area contributed by atoms with Crippen LogP contribution in [0, 0.1) is 6.92 Å². The molecule has 0 aliphatic rings. The predicted molar refractivity (Wildman–Crippen MR) is 39.2 cm³/mol. The largest absolute Gasteiger partial charge is 0.334 e. The normalized spacial score (nSPS) is 10.2. The SMILES string of the molecule is Cc1nccn1CCNN. The number of rotatable bonds is 3. The van der Waals surface area contributed by atoms with Crippen LogP contribution in [0.5, 0.6) is 0 Å². The summed E-state index contributed by atoms with van der Waals surface area (Å²) in [6, 6.07) is 0. The number of hydrazine groups is 1. The summed E-state index contributed by atoms with van der Waals surface area (Å²) in [4.78, 5) is 4.06. The summed E-state index contributed by atoms with van der Waals surface area (Å²) >= 11 is 0. The van der Waals surface area contributed by atoms with Crippen LogP contribution in [0.3, 0.4) is 0 Å². The Hall–Kier alpha value is -0.870. The molecule has 0 saturated carbocycles. The van der Waals surface area contributed by atoms with Crippen molar-refractivity contribution < 1.29 is 0 Å². The fourth-order valence-corrected chi connectivity index (χ4v) is 0.825. The fraction of sp³-hybridized carbons (Fsp3) is 0.500. The van der Waals surface area contributed by atoms with Crippen molar-refractivity contribution in [2.24, 2.45) is 5.84 Å². The zero-order valence-electron chi connectivity index (χ0n) is 6.04. The Morgan fingerprint density at radius 1 is 1.80 bits per heavy atom. The van der Waals surface area contributed by atoms with Gasteiger partial charge in [0, 0.05) is 25.5 Å². The highest BCUT2D eigenvalue weighted by atomic mass is 15.2. The Bertz CT molecular complexity index is 193. The Morgan fingerprint density at radius 3 is 3.10 bits per heavy atom. The molecule has 1 heterocycles. The number of hydrogen-bond acceptors (Lipinski definition) is 3. The van der Waals surface area contributed by atoms with Crippen LogP contribution in [0.25, 0.3) is 0 Å². The number of hydrogen-bond donors (Lipinski definition) is 2. The van der Waals surface area contributed by atoms with Crippen molar-refractivity contribution in [1.29, 1.82) is 0 Å². The minimum Gasteiger partial charge on any atom is -0.334 e. The van der Waals surface area contributed by atoms with Crippen molar-refractivity contribution in [2.45, 2.75) is 13.5 Å². The highest BCUT2D eigenvalue weighted by molar-refractivity contribution is 4.88. The summed E-state index contributed by atoms with van der Waals surface area (Å²) in [5, 5.41) is 0. The molecule has 1 aromatic heterocycles. The van der Waals surface area contributed by atoms with Crippen LogP contribution in [0.1, 0.15) is 5.82 Å².